The molecular weight excluding hydrogens is 360 g/mol. The molecule has 1 amide bonds. The Bertz CT molecular complexity index is 1030. The maximum Gasteiger partial charge on any atom is 0.232 e. The average Bonchev–Trinajstić information content (AvgIpc) is 2.65. The molecule has 0 saturated carbocycles. The molecule has 0 heterocycles. The molecule has 3 aromatic rings. The van der Waals surface area contributed by atoms with Crippen LogP contribution in [0.3, 0.4) is 0 Å². The van der Waals surface area contributed by atoms with Crippen molar-refractivity contribution in [3.63, 3.8) is 0 Å². The Morgan fingerprint density at radius 2 is 1.59 bits per heavy atom. The van der Waals surface area contributed by atoms with Gasteiger partial charge in [-0.05, 0) is 30.0 Å². The number of sulfonamides is 1. The van der Waals surface area contributed by atoms with Gasteiger partial charge >= 0.3 is 0 Å². The summed E-state index contributed by atoms with van der Waals surface area (Å²) in [6, 6.07) is 22.5. The molecule has 0 atom stereocenters. The summed E-state index contributed by atoms with van der Waals surface area (Å²) in [4.78, 5) is 12.3. The van der Waals surface area contributed by atoms with E-state index in [1.54, 1.807) is 24.3 Å². The summed E-state index contributed by atoms with van der Waals surface area (Å²) < 4.78 is 25.5. The summed E-state index contributed by atoms with van der Waals surface area (Å²) in [6.45, 7) is 0.256. The summed E-state index contributed by atoms with van der Waals surface area (Å²) in [5, 5.41) is 4.97. The number of carbonyl (C=O) groups excluding carboxylic acids is 1. The zero-order valence-corrected chi connectivity index (χ0v) is 15.9. The Morgan fingerprint density at radius 1 is 0.926 bits per heavy atom. The number of hydrogen-bond acceptors (Lipinski definition) is 3. The molecule has 0 fully saturated rings. The topological polar surface area (TPSA) is 66.5 Å². The molecular formula is C21H22N2O3S. The first kappa shape index (κ1) is 18.9. The van der Waals surface area contributed by atoms with E-state index < -0.39 is 10.0 Å². The van der Waals surface area contributed by atoms with Crippen LogP contribution in [0.1, 0.15) is 12.8 Å². The maximum absolute atomic E-state index is 12.3. The van der Waals surface area contributed by atoms with Gasteiger partial charge in [-0.2, -0.15) is 0 Å². The minimum atomic E-state index is -3.40. The molecule has 0 spiro atoms. The largest absolute Gasteiger partial charge is 0.326 e. The number of para-hydroxylation sites is 1. The van der Waals surface area contributed by atoms with Crippen molar-refractivity contribution >= 4 is 38.1 Å². The molecule has 1 N–H and O–H groups in total. The molecule has 0 bridgehead atoms. The third-order valence-corrected chi connectivity index (χ3v) is 5.47. The first-order valence-corrected chi connectivity index (χ1v) is 10.6. The normalized spacial score (nSPS) is 11.3. The molecule has 0 radical (unpaired) electrons. The van der Waals surface area contributed by atoms with Gasteiger partial charge in [0.05, 0.1) is 11.9 Å². The number of carbonyl (C=O) groups is 1. The first-order valence-electron chi connectivity index (χ1n) is 8.75. The van der Waals surface area contributed by atoms with Gasteiger partial charge in [-0.1, -0.05) is 54.6 Å². The number of rotatable bonds is 7. The number of hydrogen-bond donors (Lipinski definition) is 1. The van der Waals surface area contributed by atoms with Crippen molar-refractivity contribution < 1.29 is 13.2 Å². The van der Waals surface area contributed by atoms with E-state index in [2.05, 4.69) is 5.32 Å². The molecule has 140 valence electrons. The minimum Gasteiger partial charge on any atom is -0.326 e. The van der Waals surface area contributed by atoms with Crippen molar-refractivity contribution in [2.75, 3.05) is 22.4 Å². The van der Waals surface area contributed by atoms with Gasteiger partial charge in [0.1, 0.15) is 0 Å². The second-order valence-corrected chi connectivity index (χ2v) is 8.26. The molecule has 0 aromatic heterocycles. The lowest BCUT2D eigenvalue weighted by molar-refractivity contribution is -0.116. The van der Waals surface area contributed by atoms with E-state index in [1.807, 2.05) is 48.5 Å². The molecule has 0 aliphatic heterocycles. The van der Waals surface area contributed by atoms with Gasteiger partial charge in [-0.15, -0.1) is 0 Å². The Morgan fingerprint density at radius 3 is 2.33 bits per heavy atom. The van der Waals surface area contributed by atoms with E-state index in [1.165, 1.54) is 10.6 Å². The lowest BCUT2D eigenvalue weighted by Gasteiger charge is -2.22. The summed E-state index contributed by atoms with van der Waals surface area (Å²) in [5.74, 6) is -0.132. The third-order valence-electron chi connectivity index (χ3n) is 4.27. The fourth-order valence-electron chi connectivity index (χ4n) is 3.01. The van der Waals surface area contributed by atoms with Crippen molar-refractivity contribution in [3.8, 4) is 0 Å². The van der Waals surface area contributed by atoms with Crippen molar-refractivity contribution in [3.05, 3.63) is 72.8 Å². The number of nitrogens with one attached hydrogen (secondary N) is 1. The second kappa shape index (κ2) is 8.22. The highest BCUT2D eigenvalue weighted by molar-refractivity contribution is 7.92. The number of anilines is 2. The molecule has 27 heavy (non-hydrogen) atoms. The van der Waals surface area contributed by atoms with Crippen LogP contribution in [0.4, 0.5) is 11.4 Å². The van der Waals surface area contributed by atoms with E-state index in [0.717, 1.165) is 16.5 Å². The van der Waals surface area contributed by atoms with E-state index >= 15 is 0 Å². The summed E-state index contributed by atoms with van der Waals surface area (Å²) in [6.07, 6.45) is 1.84. The number of benzene rings is 3. The van der Waals surface area contributed by atoms with Gasteiger partial charge in [-0.3, -0.25) is 9.10 Å². The van der Waals surface area contributed by atoms with Crippen LogP contribution < -0.4 is 9.62 Å². The molecule has 0 unspecified atom stereocenters. The Balaban J connectivity index is 1.63. The van der Waals surface area contributed by atoms with Crippen LogP contribution >= 0.6 is 0 Å². The lowest BCUT2D eigenvalue weighted by atomic mass is 10.1. The summed E-state index contributed by atoms with van der Waals surface area (Å²) in [5.41, 5.74) is 1.37. The quantitative estimate of drug-likeness (QED) is 0.671. The van der Waals surface area contributed by atoms with Crippen molar-refractivity contribution in [1.82, 2.24) is 0 Å². The number of fused-ring (bicyclic) bond motifs is 1. The predicted molar refractivity (Wildman–Crippen MR) is 110 cm³/mol. The molecule has 0 aliphatic carbocycles. The Hall–Kier alpha value is -2.86. The fraction of sp³-hybridized carbons (Fsp3) is 0.190. The van der Waals surface area contributed by atoms with Crippen molar-refractivity contribution in [1.29, 1.82) is 0 Å². The van der Waals surface area contributed by atoms with Crippen LogP contribution in [0, 0.1) is 0 Å². The zero-order valence-electron chi connectivity index (χ0n) is 15.1. The Kier molecular flexibility index (Phi) is 5.76. The minimum absolute atomic E-state index is 0.132. The van der Waals surface area contributed by atoms with E-state index in [0.29, 0.717) is 12.1 Å². The monoisotopic (exact) mass is 382 g/mol. The van der Waals surface area contributed by atoms with Gasteiger partial charge in [0, 0.05) is 24.0 Å². The smallest absolute Gasteiger partial charge is 0.232 e. The third kappa shape index (κ3) is 4.86. The highest BCUT2D eigenvalue weighted by Gasteiger charge is 2.17. The molecule has 3 rings (SSSR count). The average molecular weight is 382 g/mol. The van der Waals surface area contributed by atoms with E-state index in [4.69, 9.17) is 0 Å². The van der Waals surface area contributed by atoms with Gasteiger partial charge < -0.3 is 5.32 Å². The van der Waals surface area contributed by atoms with Gasteiger partial charge in [0.15, 0.2) is 0 Å². The van der Waals surface area contributed by atoms with Crippen LogP contribution in [-0.2, 0) is 14.8 Å². The molecule has 6 heteroatoms. The highest BCUT2D eigenvalue weighted by Crippen LogP contribution is 2.23. The van der Waals surface area contributed by atoms with Crippen LogP contribution in [0.5, 0.6) is 0 Å². The summed E-state index contributed by atoms with van der Waals surface area (Å²) in [7, 11) is -3.40. The van der Waals surface area contributed by atoms with Crippen molar-refractivity contribution in [2.45, 2.75) is 12.8 Å². The van der Waals surface area contributed by atoms with E-state index in [-0.39, 0.29) is 18.9 Å². The van der Waals surface area contributed by atoms with Crippen LogP contribution in [0.2, 0.25) is 0 Å². The zero-order chi connectivity index (χ0) is 19.3. The predicted octanol–water partition coefficient (Wildman–Crippen LogP) is 4.02. The Labute approximate surface area is 159 Å². The van der Waals surface area contributed by atoms with E-state index in [9.17, 15) is 13.2 Å². The molecule has 0 aliphatic rings. The van der Waals surface area contributed by atoms with Gasteiger partial charge in [-0.25, -0.2) is 8.42 Å². The van der Waals surface area contributed by atoms with Gasteiger partial charge in [0.2, 0.25) is 15.9 Å². The number of nitrogens with zero attached hydrogens (tertiary/aromatic N) is 1. The van der Waals surface area contributed by atoms with Crippen LogP contribution in [-0.4, -0.2) is 27.1 Å². The molecule has 3 aromatic carbocycles. The standard InChI is InChI=1S/C21H22N2O3S/c1-27(25,26)23(18-11-3-2-4-12-18)16-8-15-21(24)22-20-14-7-10-17-9-5-6-13-19(17)20/h2-7,9-14H,8,15-16H2,1H3,(H,22,24). The number of amides is 1. The maximum atomic E-state index is 12.3. The molecule has 0 saturated heterocycles. The highest BCUT2D eigenvalue weighted by atomic mass is 32.2. The lowest BCUT2D eigenvalue weighted by Crippen LogP contribution is -2.31. The van der Waals surface area contributed by atoms with Gasteiger partial charge in [0.25, 0.3) is 0 Å². The van der Waals surface area contributed by atoms with Crippen LogP contribution in [0.15, 0.2) is 72.8 Å². The second-order valence-electron chi connectivity index (χ2n) is 6.35. The summed E-state index contributed by atoms with van der Waals surface area (Å²) >= 11 is 0. The molecule has 5 nitrogen and oxygen atoms in total. The van der Waals surface area contributed by atoms with Crippen LogP contribution in [0.25, 0.3) is 10.8 Å². The van der Waals surface area contributed by atoms with Crippen molar-refractivity contribution in [2.24, 2.45) is 0 Å². The first-order chi connectivity index (χ1) is 12.9. The SMILES string of the molecule is CS(=O)(=O)N(CCCC(=O)Nc1cccc2ccccc12)c1ccccc1. The fourth-order valence-corrected chi connectivity index (χ4v) is 3.98.